The standard InChI is InChI=1S/C14H21NO.C3H7N/c1-3-9-15-12-8-7-11-5-4-6-14(16-2)13(11)10-12;1-2-4-3-1/h4-6,12,15H,3,7-10H2,1-2H3;4H,1-3H2. The maximum Gasteiger partial charge on any atom is 0.122 e. The van der Waals surface area contributed by atoms with Crippen LogP contribution in [0.4, 0.5) is 0 Å². The van der Waals surface area contributed by atoms with E-state index in [0.29, 0.717) is 6.04 Å². The van der Waals surface area contributed by atoms with Gasteiger partial charge < -0.3 is 15.4 Å². The van der Waals surface area contributed by atoms with E-state index in [1.165, 1.54) is 49.9 Å². The summed E-state index contributed by atoms with van der Waals surface area (Å²) in [7, 11) is 1.76. The van der Waals surface area contributed by atoms with E-state index in [-0.39, 0.29) is 0 Å². The Labute approximate surface area is 123 Å². The van der Waals surface area contributed by atoms with Crippen LogP contribution >= 0.6 is 0 Å². The fourth-order valence-corrected chi connectivity index (χ4v) is 2.65. The molecule has 112 valence electrons. The van der Waals surface area contributed by atoms with Crippen molar-refractivity contribution in [3.63, 3.8) is 0 Å². The highest BCUT2D eigenvalue weighted by molar-refractivity contribution is 5.42. The molecule has 2 aliphatic rings. The molecule has 1 atom stereocenters. The van der Waals surface area contributed by atoms with Gasteiger partial charge in [0.25, 0.3) is 0 Å². The Kier molecular flexibility index (Phi) is 6.34. The van der Waals surface area contributed by atoms with Gasteiger partial charge in [-0.05, 0) is 68.9 Å². The molecule has 2 N–H and O–H groups in total. The van der Waals surface area contributed by atoms with Gasteiger partial charge in [0.1, 0.15) is 5.75 Å². The molecule has 1 unspecified atom stereocenters. The zero-order valence-electron chi connectivity index (χ0n) is 12.9. The second-order valence-corrected chi connectivity index (χ2v) is 5.60. The van der Waals surface area contributed by atoms with Crippen LogP contribution in [0, 0.1) is 0 Å². The molecule has 3 nitrogen and oxygen atoms in total. The minimum atomic E-state index is 0.628. The fourth-order valence-electron chi connectivity index (χ4n) is 2.65. The first kappa shape index (κ1) is 15.3. The Hall–Kier alpha value is -1.06. The summed E-state index contributed by atoms with van der Waals surface area (Å²) in [5, 5.41) is 6.72. The topological polar surface area (TPSA) is 33.3 Å². The predicted molar refractivity (Wildman–Crippen MR) is 84.6 cm³/mol. The third kappa shape index (κ3) is 4.22. The van der Waals surface area contributed by atoms with Gasteiger partial charge in [0, 0.05) is 6.04 Å². The number of methoxy groups -OCH3 is 1. The number of ether oxygens (including phenoxy) is 1. The molecule has 0 aromatic heterocycles. The third-order valence-electron chi connectivity index (χ3n) is 4.05. The molecule has 0 radical (unpaired) electrons. The number of aryl methyl sites for hydroxylation is 1. The van der Waals surface area contributed by atoms with Crippen LogP contribution in [0.25, 0.3) is 0 Å². The summed E-state index contributed by atoms with van der Waals surface area (Å²) < 4.78 is 5.44. The van der Waals surface area contributed by atoms with E-state index in [9.17, 15) is 0 Å². The molecule has 0 saturated carbocycles. The van der Waals surface area contributed by atoms with Crippen molar-refractivity contribution < 1.29 is 4.74 Å². The number of hydrogen-bond donors (Lipinski definition) is 2. The number of fused-ring (bicyclic) bond motifs is 1. The number of benzene rings is 1. The number of rotatable bonds is 4. The van der Waals surface area contributed by atoms with Gasteiger partial charge in [-0.25, -0.2) is 0 Å². The van der Waals surface area contributed by atoms with Crippen molar-refractivity contribution in [2.75, 3.05) is 26.7 Å². The van der Waals surface area contributed by atoms with Crippen molar-refractivity contribution in [3.8, 4) is 5.75 Å². The SMILES string of the molecule is C1CNC1.CCCNC1CCc2cccc(OC)c2C1. The predicted octanol–water partition coefficient (Wildman–Crippen LogP) is 2.53. The second-order valence-electron chi connectivity index (χ2n) is 5.60. The van der Waals surface area contributed by atoms with Crippen molar-refractivity contribution in [1.82, 2.24) is 10.6 Å². The average Bonchev–Trinajstić information content (AvgIpc) is 2.42. The first-order valence-corrected chi connectivity index (χ1v) is 7.94. The highest BCUT2D eigenvalue weighted by Gasteiger charge is 2.20. The van der Waals surface area contributed by atoms with Crippen molar-refractivity contribution in [1.29, 1.82) is 0 Å². The Balaban J connectivity index is 0.000000315. The van der Waals surface area contributed by atoms with Gasteiger partial charge in [0.15, 0.2) is 0 Å². The van der Waals surface area contributed by atoms with Crippen molar-refractivity contribution in [2.45, 2.75) is 45.1 Å². The summed E-state index contributed by atoms with van der Waals surface area (Å²) in [5.41, 5.74) is 2.87. The summed E-state index contributed by atoms with van der Waals surface area (Å²) in [6.45, 7) is 5.83. The third-order valence-corrected chi connectivity index (χ3v) is 4.05. The maximum atomic E-state index is 5.44. The quantitative estimate of drug-likeness (QED) is 0.886. The summed E-state index contributed by atoms with van der Waals surface area (Å²) in [4.78, 5) is 0. The van der Waals surface area contributed by atoms with E-state index in [0.717, 1.165) is 18.7 Å². The lowest BCUT2D eigenvalue weighted by Crippen LogP contribution is -2.35. The van der Waals surface area contributed by atoms with Crippen LogP contribution in [0.3, 0.4) is 0 Å². The lowest BCUT2D eigenvalue weighted by atomic mass is 9.87. The molecule has 1 aliphatic heterocycles. The van der Waals surface area contributed by atoms with E-state index in [2.05, 4.69) is 35.8 Å². The zero-order chi connectivity index (χ0) is 14.2. The molecule has 1 aromatic carbocycles. The normalized spacial score (nSPS) is 20.2. The minimum Gasteiger partial charge on any atom is -0.496 e. The van der Waals surface area contributed by atoms with Gasteiger partial charge in [0.05, 0.1) is 7.11 Å². The average molecular weight is 276 g/mol. The number of nitrogens with one attached hydrogen (secondary N) is 2. The number of hydrogen-bond acceptors (Lipinski definition) is 3. The molecule has 1 saturated heterocycles. The van der Waals surface area contributed by atoms with Gasteiger partial charge in [-0.1, -0.05) is 19.1 Å². The minimum absolute atomic E-state index is 0.628. The van der Waals surface area contributed by atoms with Crippen LogP contribution in [-0.2, 0) is 12.8 Å². The highest BCUT2D eigenvalue weighted by Crippen LogP contribution is 2.29. The molecule has 20 heavy (non-hydrogen) atoms. The zero-order valence-corrected chi connectivity index (χ0v) is 12.9. The van der Waals surface area contributed by atoms with E-state index >= 15 is 0 Å². The summed E-state index contributed by atoms with van der Waals surface area (Å²) in [6, 6.07) is 7.02. The van der Waals surface area contributed by atoms with E-state index in [1.807, 2.05) is 0 Å². The summed E-state index contributed by atoms with van der Waals surface area (Å²) in [6.07, 6.45) is 6.13. The van der Waals surface area contributed by atoms with Crippen molar-refractivity contribution in [3.05, 3.63) is 29.3 Å². The molecule has 0 bridgehead atoms. The van der Waals surface area contributed by atoms with Gasteiger partial charge in [0.2, 0.25) is 0 Å². The van der Waals surface area contributed by atoms with Gasteiger partial charge in [-0.3, -0.25) is 0 Å². The molecule has 1 aliphatic carbocycles. The smallest absolute Gasteiger partial charge is 0.122 e. The molecule has 3 heteroatoms. The molecule has 1 heterocycles. The maximum absolute atomic E-state index is 5.44. The van der Waals surface area contributed by atoms with E-state index < -0.39 is 0 Å². The summed E-state index contributed by atoms with van der Waals surface area (Å²) in [5.74, 6) is 1.06. The molecule has 1 aromatic rings. The largest absolute Gasteiger partial charge is 0.496 e. The van der Waals surface area contributed by atoms with Crippen LogP contribution in [0.1, 0.15) is 37.3 Å². The molecular formula is C17H28N2O. The fraction of sp³-hybridized carbons (Fsp3) is 0.647. The van der Waals surface area contributed by atoms with E-state index in [4.69, 9.17) is 4.74 Å². The molecule has 0 amide bonds. The van der Waals surface area contributed by atoms with Crippen LogP contribution in [0.2, 0.25) is 0 Å². The van der Waals surface area contributed by atoms with Gasteiger partial charge in [-0.2, -0.15) is 0 Å². The molecule has 0 spiro atoms. The van der Waals surface area contributed by atoms with Gasteiger partial charge >= 0.3 is 0 Å². The first-order valence-electron chi connectivity index (χ1n) is 7.94. The van der Waals surface area contributed by atoms with Crippen LogP contribution in [0.15, 0.2) is 18.2 Å². The summed E-state index contributed by atoms with van der Waals surface area (Å²) >= 11 is 0. The second kappa shape index (κ2) is 8.28. The Bertz CT molecular complexity index is 384. The lowest BCUT2D eigenvalue weighted by Gasteiger charge is -2.26. The molecule has 3 rings (SSSR count). The Morgan fingerprint density at radius 1 is 1.35 bits per heavy atom. The van der Waals surface area contributed by atoms with Gasteiger partial charge in [-0.15, -0.1) is 0 Å². The van der Waals surface area contributed by atoms with Crippen LogP contribution in [0.5, 0.6) is 5.75 Å². The monoisotopic (exact) mass is 276 g/mol. The first-order chi connectivity index (χ1) is 9.85. The Morgan fingerprint density at radius 3 is 2.70 bits per heavy atom. The van der Waals surface area contributed by atoms with Crippen molar-refractivity contribution >= 4 is 0 Å². The molecule has 1 fully saturated rings. The Morgan fingerprint density at radius 2 is 2.10 bits per heavy atom. The highest BCUT2D eigenvalue weighted by atomic mass is 16.5. The van der Waals surface area contributed by atoms with Crippen LogP contribution in [-0.4, -0.2) is 32.8 Å². The van der Waals surface area contributed by atoms with Crippen molar-refractivity contribution in [2.24, 2.45) is 0 Å². The van der Waals surface area contributed by atoms with Crippen LogP contribution < -0.4 is 15.4 Å². The van der Waals surface area contributed by atoms with E-state index in [1.54, 1.807) is 7.11 Å². The lowest BCUT2D eigenvalue weighted by molar-refractivity contribution is 0.394. The molecular weight excluding hydrogens is 248 g/mol.